The molecule has 8 heteroatoms. The zero-order valence-electron chi connectivity index (χ0n) is 9.76. The standard InChI is InChI=1S/C10H15FN2O4S/c1-17-9-4-2-3-7(11)10(9)8(14)5-6-13-18(12,15)16/h2-4,8,13-14H,5-6H2,1H3,(H2,12,15,16). The van der Waals surface area contributed by atoms with Crippen molar-refractivity contribution < 1.29 is 22.7 Å². The van der Waals surface area contributed by atoms with Gasteiger partial charge in [-0.3, -0.25) is 0 Å². The van der Waals surface area contributed by atoms with Crippen LogP contribution in [0.25, 0.3) is 0 Å². The molecule has 1 unspecified atom stereocenters. The highest BCUT2D eigenvalue weighted by atomic mass is 32.2. The Hall–Kier alpha value is -1.22. The van der Waals surface area contributed by atoms with Gasteiger partial charge < -0.3 is 9.84 Å². The van der Waals surface area contributed by atoms with E-state index in [-0.39, 0.29) is 24.3 Å². The molecule has 0 saturated carbocycles. The fraction of sp³-hybridized carbons (Fsp3) is 0.400. The molecule has 102 valence electrons. The minimum Gasteiger partial charge on any atom is -0.496 e. The first-order valence-electron chi connectivity index (χ1n) is 5.13. The number of nitrogens with one attached hydrogen (secondary N) is 1. The summed E-state index contributed by atoms with van der Waals surface area (Å²) in [5.74, 6) is -0.407. The lowest BCUT2D eigenvalue weighted by Gasteiger charge is -2.15. The number of halogens is 1. The average Bonchev–Trinajstić information content (AvgIpc) is 2.26. The first-order valence-corrected chi connectivity index (χ1v) is 6.67. The molecular formula is C10H15FN2O4S. The van der Waals surface area contributed by atoms with Crippen molar-refractivity contribution in [2.24, 2.45) is 5.14 Å². The molecule has 0 bridgehead atoms. The Morgan fingerprint density at radius 1 is 1.56 bits per heavy atom. The van der Waals surface area contributed by atoms with Crippen molar-refractivity contribution in [1.82, 2.24) is 4.72 Å². The highest BCUT2D eigenvalue weighted by Gasteiger charge is 2.18. The van der Waals surface area contributed by atoms with Gasteiger partial charge in [0, 0.05) is 6.54 Å². The van der Waals surface area contributed by atoms with E-state index >= 15 is 0 Å². The fourth-order valence-corrected chi connectivity index (χ4v) is 1.90. The highest BCUT2D eigenvalue weighted by molar-refractivity contribution is 7.87. The van der Waals surface area contributed by atoms with Crippen LogP contribution in [-0.4, -0.2) is 27.2 Å². The van der Waals surface area contributed by atoms with Gasteiger partial charge in [-0.25, -0.2) is 14.3 Å². The van der Waals surface area contributed by atoms with Crippen LogP contribution in [0.1, 0.15) is 18.1 Å². The summed E-state index contributed by atoms with van der Waals surface area (Å²) in [6.07, 6.45) is -1.20. The molecule has 0 aliphatic heterocycles. The van der Waals surface area contributed by atoms with Gasteiger partial charge in [-0.15, -0.1) is 0 Å². The predicted molar refractivity (Wildman–Crippen MR) is 63.6 cm³/mol. The molecule has 0 radical (unpaired) electrons. The van der Waals surface area contributed by atoms with Gasteiger partial charge in [0.2, 0.25) is 0 Å². The van der Waals surface area contributed by atoms with Gasteiger partial charge in [0.05, 0.1) is 18.8 Å². The third-order valence-electron chi connectivity index (χ3n) is 2.29. The summed E-state index contributed by atoms with van der Waals surface area (Å²) in [5.41, 5.74) is -0.00350. The maximum atomic E-state index is 13.5. The van der Waals surface area contributed by atoms with Crippen LogP contribution in [-0.2, 0) is 10.2 Å². The quantitative estimate of drug-likeness (QED) is 0.684. The number of rotatable bonds is 6. The largest absolute Gasteiger partial charge is 0.496 e. The Morgan fingerprint density at radius 2 is 2.22 bits per heavy atom. The molecule has 0 aliphatic carbocycles. The summed E-state index contributed by atoms with van der Waals surface area (Å²) in [7, 11) is -2.46. The number of hydrogen-bond donors (Lipinski definition) is 3. The van der Waals surface area contributed by atoms with Crippen LogP contribution < -0.4 is 14.6 Å². The van der Waals surface area contributed by atoms with Gasteiger partial charge >= 0.3 is 0 Å². The van der Waals surface area contributed by atoms with Crippen LogP contribution in [0.3, 0.4) is 0 Å². The molecule has 6 nitrogen and oxygen atoms in total. The lowest BCUT2D eigenvalue weighted by atomic mass is 10.0. The van der Waals surface area contributed by atoms with E-state index in [0.29, 0.717) is 0 Å². The fourth-order valence-electron chi connectivity index (χ4n) is 1.50. The Balaban J connectivity index is 2.75. The van der Waals surface area contributed by atoms with Gasteiger partial charge in [-0.05, 0) is 18.6 Å². The minimum atomic E-state index is -3.81. The first kappa shape index (κ1) is 14.8. The summed E-state index contributed by atoms with van der Waals surface area (Å²) >= 11 is 0. The minimum absolute atomic E-state index is 0.00350. The van der Waals surface area contributed by atoms with Crippen LogP contribution in [0, 0.1) is 5.82 Å². The number of methoxy groups -OCH3 is 1. The molecular weight excluding hydrogens is 263 g/mol. The van der Waals surface area contributed by atoms with Crippen molar-refractivity contribution in [3.63, 3.8) is 0 Å². The van der Waals surface area contributed by atoms with Crippen molar-refractivity contribution in [3.05, 3.63) is 29.6 Å². The zero-order chi connectivity index (χ0) is 13.8. The summed E-state index contributed by atoms with van der Waals surface area (Å²) < 4.78 is 41.7. The van der Waals surface area contributed by atoms with Gasteiger partial charge in [-0.1, -0.05) is 6.07 Å². The number of nitrogens with two attached hydrogens (primary N) is 1. The second kappa shape index (κ2) is 6.10. The van der Waals surface area contributed by atoms with E-state index in [4.69, 9.17) is 9.88 Å². The van der Waals surface area contributed by atoms with Crippen molar-refractivity contribution >= 4 is 10.2 Å². The summed E-state index contributed by atoms with van der Waals surface area (Å²) in [6, 6.07) is 4.15. The van der Waals surface area contributed by atoms with E-state index in [1.54, 1.807) is 0 Å². The van der Waals surface area contributed by atoms with E-state index in [1.165, 1.54) is 25.3 Å². The first-order chi connectivity index (χ1) is 8.35. The number of benzene rings is 1. The molecule has 0 fully saturated rings. The molecule has 0 heterocycles. The molecule has 1 atom stereocenters. The molecule has 0 saturated heterocycles. The monoisotopic (exact) mass is 278 g/mol. The van der Waals surface area contributed by atoms with Gasteiger partial charge in [0.1, 0.15) is 11.6 Å². The molecule has 4 N–H and O–H groups in total. The number of aliphatic hydroxyl groups excluding tert-OH is 1. The maximum absolute atomic E-state index is 13.5. The topological polar surface area (TPSA) is 102 Å². The molecule has 0 spiro atoms. The normalized spacial score (nSPS) is 13.3. The van der Waals surface area contributed by atoms with Gasteiger partial charge in [0.15, 0.2) is 0 Å². The summed E-state index contributed by atoms with van der Waals surface area (Å²) in [4.78, 5) is 0. The average molecular weight is 278 g/mol. The Labute approximate surface area is 105 Å². The molecule has 0 amide bonds. The van der Waals surface area contributed by atoms with Crippen molar-refractivity contribution in [2.45, 2.75) is 12.5 Å². The number of aliphatic hydroxyl groups is 1. The number of hydrogen-bond acceptors (Lipinski definition) is 4. The highest BCUT2D eigenvalue weighted by Crippen LogP contribution is 2.29. The van der Waals surface area contributed by atoms with E-state index in [9.17, 15) is 17.9 Å². The van der Waals surface area contributed by atoms with Crippen molar-refractivity contribution in [3.8, 4) is 5.75 Å². The Bertz CT molecular complexity index is 507. The summed E-state index contributed by atoms with van der Waals surface area (Å²) in [6.45, 7) is -0.0997. The maximum Gasteiger partial charge on any atom is 0.274 e. The zero-order valence-corrected chi connectivity index (χ0v) is 10.6. The van der Waals surface area contributed by atoms with E-state index in [2.05, 4.69) is 0 Å². The van der Waals surface area contributed by atoms with Crippen LogP contribution >= 0.6 is 0 Å². The van der Waals surface area contributed by atoms with E-state index in [1.807, 2.05) is 4.72 Å². The molecule has 1 aromatic carbocycles. The SMILES string of the molecule is COc1cccc(F)c1C(O)CCNS(N)(=O)=O. The van der Waals surface area contributed by atoms with Crippen LogP contribution in [0.5, 0.6) is 5.75 Å². The number of ether oxygens (including phenoxy) is 1. The molecule has 0 aromatic heterocycles. The molecule has 1 rings (SSSR count). The second-order valence-corrected chi connectivity index (χ2v) is 4.98. The van der Waals surface area contributed by atoms with E-state index < -0.39 is 22.1 Å². The van der Waals surface area contributed by atoms with Crippen molar-refractivity contribution in [2.75, 3.05) is 13.7 Å². The molecule has 0 aliphatic rings. The molecule has 1 aromatic rings. The van der Waals surface area contributed by atoms with E-state index in [0.717, 1.165) is 0 Å². The lowest BCUT2D eigenvalue weighted by molar-refractivity contribution is 0.160. The van der Waals surface area contributed by atoms with Crippen LogP contribution in [0.4, 0.5) is 4.39 Å². The Kier molecular flexibility index (Phi) is 5.03. The smallest absolute Gasteiger partial charge is 0.274 e. The third kappa shape index (κ3) is 4.22. The van der Waals surface area contributed by atoms with Crippen molar-refractivity contribution in [1.29, 1.82) is 0 Å². The Morgan fingerprint density at radius 3 is 2.78 bits per heavy atom. The lowest BCUT2D eigenvalue weighted by Crippen LogP contribution is -2.32. The second-order valence-electron chi connectivity index (χ2n) is 3.60. The summed E-state index contributed by atoms with van der Waals surface area (Å²) in [5, 5.41) is 14.5. The third-order valence-corrected chi connectivity index (χ3v) is 2.89. The molecule has 18 heavy (non-hydrogen) atoms. The van der Waals surface area contributed by atoms with Gasteiger partial charge in [0.25, 0.3) is 10.2 Å². The van der Waals surface area contributed by atoms with Crippen LogP contribution in [0.15, 0.2) is 18.2 Å². The predicted octanol–water partition coefficient (Wildman–Crippen LogP) is 0.0509. The van der Waals surface area contributed by atoms with Gasteiger partial charge in [-0.2, -0.15) is 8.42 Å². The van der Waals surface area contributed by atoms with Crippen LogP contribution in [0.2, 0.25) is 0 Å².